The predicted molar refractivity (Wildman–Crippen MR) is 106 cm³/mol. The number of carbonyl (C=O) groups excluding carboxylic acids is 2. The molecule has 0 saturated heterocycles. The lowest BCUT2D eigenvalue weighted by Gasteiger charge is -2.25. The summed E-state index contributed by atoms with van der Waals surface area (Å²) < 4.78 is 5.18. The van der Waals surface area contributed by atoms with Crippen LogP contribution in [0.15, 0.2) is 48.5 Å². The summed E-state index contributed by atoms with van der Waals surface area (Å²) in [6.07, 6.45) is 0. The van der Waals surface area contributed by atoms with E-state index in [1.54, 1.807) is 19.2 Å². The summed E-state index contributed by atoms with van der Waals surface area (Å²) in [5.41, 5.74) is 2.62. The first-order chi connectivity index (χ1) is 12.9. The van der Waals surface area contributed by atoms with Crippen LogP contribution in [0.25, 0.3) is 0 Å². The van der Waals surface area contributed by atoms with Crippen LogP contribution >= 0.6 is 0 Å². The number of hydrogen-bond donors (Lipinski definition) is 2. The number of nitrogens with one attached hydrogen (secondary N) is 2. The molecule has 1 unspecified atom stereocenters. The maximum atomic E-state index is 12.1. The Hall–Kier alpha value is -2.86. The van der Waals surface area contributed by atoms with Gasteiger partial charge in [-0.15, -0.1) is 0 Å². The third-order valence-electron chi connectivity index (χ3n) is 4.31. The number of likely N-dealkylation sites (N-methyl/N-ethyl adjacent to an activating group) is 1. The van der Waals surface area contributed by atoms with Crippen molar-refractivity contribution in [2.24, 2.45) is 0 Å². The average Bonchev–Trinajstić information content (AvgIpc) is 2.66. The molecular weight excluding hydrogens is 342 g/mol. The van der Waals surface area contributed by atoms with E-state index in [4.69, 9.17) is 4.74 Å². The van der Waals surface area contributed by atoms with Gasteiger partial charge >= 0.3 is 0 Å². The van der Waals surface area contributed by atoms with Gasteiger partial charge in [0.25, 0.3) is 5.91 Å². The van der Waals surface area contributed by atoms with Crippen molar-refractivity contribution < 1.29 is 14.3 Å². The smallest absolute Gasteiger partial charge is 0.251 e. The van der Waals surface area contributed by atoms with Gasteiger partial charge in [-0.3, -0.25) is 9.59 Å². The molecular formula is C21H27N3O3. The molecule has 0 aliphatic rings. The highest BCUT2D eigenvalue weighted by atomic mass is 16.5. The highest BCUT2D eigenvalue weighted by Gasteiger charge is 2.16. The van der Waals surface area contributed by atoms with Crippen LogP contribution < -0.4 is 15.4 Å². The van der Waals surface area contributed by atoms with Gasteiger partial charge in [0, 0.05) is 12.1 Å². The maximum Gasteiger partial charge on any atom is 0.251 e. The van der Waals surface area contributed by atoms with Crippen molar-refractivity contribution >= 4 is 11.8 Å². The number of aryl methyl sites for hydroxylation is 1. The first kappa shape index (κ1) is 20.5. The zero-order chi connectivity index (χ0) is 19.8. The van der Waals surface area contributed by atoms with Gasteiger partial charge in [-0.05, 0) is 50.8 Å². The largest absolute Gasteiger partial charge is 0.497 e. The van der Waals surface area contributed by atoms with Gasteiger partial charge in [-0.25, -0.2) is 0 Å². The zero-order valence-electron chi connectivity index (χ0n) is 16.3. The number of carbonyl (C=O) groups is 2. The lowest BCUT2D eigenvalue weighted by molar-refractivity contribution is -0.120. The van der Waals surface area contributed by atoms with E-state index in [9.17, 15) is 9.59 Å². The Balaban J connectivity index is 1.87. The third-order valence-corrected chi connectivity index (χ3v) is 4.31. The molecule has 2 amide bonds. The molecule has 0 spiro atoms. The summed E-state index contributed by atoms with van der Waals surface area (Å²) in [5.74, 6) is 0.309. The maximum absolute atomic E-state index is 12.1. The molecule has 0 heterocycles. The standard InChI is InChI=1S/C21H27N3O3/c1-15-6-5-7-17(12-15)21(26)23-14-20(25)22-13-19(24(2)3)16-8-10-18(27-4)11-9-16/h5-12,19H,13-14H2,1-4H3,(H,22,25)(H,23,26). The molecule has 2 aromatic carbocycles. The van der Waals surface area contributed by atoms with Crippen molar-refractivity contribution in [2.75, 3.05) is 34.3 Å². The molecule has 1 atom stereocenters. The first-order valence-corrected chi connectivity index (χ1v) is 8.82. The van der Waals surface area contributed by atoms with E-state index in [2.05, 4.69) is 10.6 Å². The number of methoxy groups -OCH3 is 1. The summed E-state index contributed by atoms with van der Waals surface area (Å²) in [5, 5.41) is 5.54. The van der Waals surface area contributed by atoms with E-state index < -0.39 is 0 Å². The van der Waals surface area contributed by atoms with E-state index in [0.717, 1.165) is 16.9 Å². The van der Waals surface area contributed by atoms with Gasteiger partial charge in [0.1, 0.15) is 5.75 Å². The van der Waals surface area contributed by atoms with Crippen LogP contribution in [0.5, 0.6) is 5.75 Å². The summed E-state index contributed by atoms with van der Waals surface area (Å²) in [4.78, 5) is 26.3. The topological polar surface area (TPSA) is 70.7 Å². The number of amides is 2. The monoisotopic (exact) mass is 369 g/mol. The molecule has 0 aliphatic carbocycles. The Labute approximate surface area is 160 Å². The number of hydrogen-bond acceptors (Lipinski definition) is 4. The number of nitrogens with zero attached hydrogens (tertiary/aromatic N) is 1. The molecule has 0 saturated carbocycles. The second kappa shape index (κ2) is 9.73. The van der Waals surface area contributed by atoms with Crippen molar-refractivity contribution in [3.63, 3.8) is 0 Å². The molecule has 144 valence electrons. The minimum atomic E-state index is -0.256. The van der Waals surface area contributed by atoms with Crippen LogP contribution in [0.2, 0.25) is 0 Å². The molecule has 0 aliphatic heterocycles. The average molecular weight is 369 g/mol. The molecule has 0 radical (unpaired) electrons. The van der Waals surface area contributed by atoms with Gasteiger partial charge in [-0.2, -0.15) is 0 Å². The lowest BCUT2D eigenvalue weighted by Crippen LogP contribution is -2.40. The quantitative estimate of drug-likeness (QED) is 0.748. The first-order valence-electron chi connectivity index (χ1n) is 8.82. The molecule has 0 bridgehead atoms. The van der Waals surface area contributed by atoms with Crippen LogP contribution in [-0.2, 0) is 4.79 Å². The molecule has 2 aromatic rings. The Morgan fingerprint density at radius 3 is 2.37 bits per heavy atom. The van der Waals surface area contributed by atoms with Crippen LogP contribution in [0.4, 0.5) is 0 Å². The highest BCUT2D eigenvalue weighted by Crippen LogP contribution is 2.20. The van der Waals surface area contributed by atoms with Gasteiger partial charge in [0.2, 0.25) is 5.91 Å². The molecule has 0 aromatic heterocycles. The van der Waals surface area contributed by atoms with Crippen LogP contribution in [0, 0.1) is 6.92 Å². The van der Waals surface area contributed by atoms with Crippen molar-refractivity contribution in [1.29, 1.82) is 0 Å². The van der Waals surface area contributed by atoms with Crippen molar-refractivity contribution in [3.8, 4) is 5.75 Å². The van der Waals surface area contributed by atoms with Crippen molar-refractivity contribution in [2.45, 2.75) is 13.0 Å². The van der Waals surface area contributed by atoms with Crippen LogP contribution in [-0.4, -0.2) is 51.0 Å². The fourth-order valence-electron chi connectivity index (χ4n) is 2.75. The summed E-state index contributed by atoms with van der Waals surface area (Å²) in [6, 6.07) is 15.0. The summed E-state index contributed by atoms with van der Waals surface area (Å²) in [6.45, 7) is 2.30. The molecule has 0 fully saturated rings. The van der Waals surface area contributed by atoms with Gasteiger partial charge in [0.15, 0.2) is 0 Å². The van der Waals surface area contributed by atoms with Crippen LogP contribution in [0.3, 0.4) is 0 Å². The molecule has 6 nitrogen and oxygen atoms in total. The van der Waals surface area contributed by atoms with Gasteiger partial charge in [0.05, 0.1) is 19.7 Å². The Kier molecular flexibility index (Phi) is 7.37. The number of benzene rings is 2. The Morgan fingerprint density at radius 1 is 1.07 bits per heavy atom. The van der Waals surface area contributed by atoms with Gasteiger partial charge < -0.3 is 20.3 Å². The normalized spacial score (nSPS) is 11.7. The molecule has 6 heteroatoms. The van der Waals surface area contributed by atoms with Crippen LogP contribution in [0.1, 0.15) is 27.5 Å². The van der Waals surface area contributed by atoms with E-state index in [0.29, 0.717) is 12.1 Å². The highest BCUT2D eigenvalue weighted by molar-refractivity contribution is 5.96. The molecule has 2 N–H and O–H groups in total. The fraction of sp³-hybridized carbons (Fsp3) is 0.333. The SMILES string of the molecule is COc1ccc(C(CNC(=O)CNC(=O)c2cccc(C)c2)N(C)C)cc1. The second-order valence-electron chi connectivity index (χ2n) is 6.61. The van der Waals surface area contributed by atoms with Crippen molar-refractivity contribution in [3.05, 3.63) is 65.2 Å². The predicted octanol–water partition coefficient (Wildman–Crippen LogP) is 2.15. The second-order valence-corrected chi connectivity index (χ2v) is 6.61. The third kappa shape index (κ3) is 6.11. The molecule has 2 rings (SSSR count). The Morgan fingerprint density at radius 2 is 1.78 bits per heavy atom. The fourth-order valence-corrected chi connectivity index (χ4v) is 2.75. The molecule has 27 heavy (non-hydrogen) atoms. The van der Waals surface area contributed by atoms with E-state index in [-0.39, 0.29) is 24.4 Å². The minimum absolute atomic E-state index is 0.0207. The zero-order valence-corrected chi connectivity index (χ0v) is 16.3. The lowest BCUT2D eigenvalue weighted by atomic mass is 10.1. The number of rotatable bonds is 8. The van der Waals surface area contributed by atoms with E-state index in [1.807, 2.05) is 62.3 Å². The number of ether oxygens (including phenoxy) is 1. The van der Waals surface area contributed by atoms with Crippen molar-refractivity contribution in [1.82, 2.24) is 15.5 Å². The van der Waals surface area contributed by atoms with E-state index in [1.165, 1.54) is 0 Å². The van der Waals surface area contributed by atoms with Gasteiger partial charge in [-0.1, -0.05) is 29.8 Å². The Bertz CT molecular complexity index is 772. The van der Waals surface area contributed by atoms with E-state index >= 15 is 0 Å². The summed E-state index contributed by atoms with van der Waals surface area (Å²) in [7, 11) is 5.55. The minimum Gasteiger partial charge on any atom is -0.497 e. The summed E-state index contributed by atoms with van der Waals surface area (Å²) >= 11 is 0.